The highest BCUT2D eigenvalue weighted by Gasteiger charge is 2.15. The minimum absolute atomic E-state index is 0.203. The summed E-state index contributed by atoms with van der Waals surface area (Å²) in [7, 11) is 1.85. The second-order valence-corrected chi connectivity index (χ2v) is 6.74. The molecule has 0 aliphatic rings. The third-order valence-electron chi connectivity index (χ3n) is 4.15. The second kappa shape index (κ2) is 6.72. The lowest BCUT2D eigenvalue weighted by Gasteiger charge is -2.06. The van der Waals surface area contributed by atoms with E-state index in [1.807, 2.05) is 37.5 Å². The SMILES string of the molecule is CCn1c(CNC(=O)c2csc(-c3cnn(C)c3)n2)nc2ccccc21. The van der Waals surface area contributed by atoms with Crippen LogP contribution in [-0.2, 0) is 20.1 Å². The van der Waals surface area contributed by atoms with E-state index in [0.29, 0.717) is 12.2 Å². The fourth-order valence-corrected chi connectivity index (χ4v) is 3.68. The van der Waals surface area contributed by atoms with Crippen LogP contribution in [0.3, 0.4) is 0 Å². The molecule has 132 valence electrons. The number of benzene rings is 1. The molecule has 1 amide bonds. The highest BCUT2D eigenvalue weighted by atomic mass is 32.1. The number of carbonyl (C=O) groups excluding carboxylic acids is 1. The predicted octanol–water partition coefficient (Wildman–Crippen LogP) is 2.84. The maximum Gasteiger partial charge on any atom is 0.271 e. The average molecular weight is 366 g/mol. The number of aromatic nitrogens is 5. The molecule has 1 aromatic carbocycles. The number of imidazole rings is 1. The number of fused-ring (bicyclic) bond motifs is 1. The molecule has 0 aliphatic carbocycles. The molecule has 26 heavy (non-hydrogen) atoms. The Kier molecular flexibility index (Phi) is 4.26. The van der Waals surface area contributed by atoms with E-state index in [4.69, 9.17) is 0 Å². The van der Waals surface area contributed by atoms with E-state index in [0.717, 1.165) is 34.0 Å². The van der Waals surface area contributed by atoms with Gasteiger partial charge in [0.15, 0.2) is 0 Å². The number of nitrogens with zero attached hydrogens (tertiary/aromatic N) is 5. The summed E-state index contributed by atoms with van der Waals surface area (Å²) in [6.07, 6.45) is 3.62. The van der Waals surface area contributed by atoms with Crippen molar-refractivity contribution in [2.45, 2.75) is 20.0 Å². The van der Waals surface area contributed by atoms with Gasteiger partial charge < -0.3 is 9.88 Å². The van der Waals surface area contributed by atoms with Gasteiger partial charge in [-0.15, -0.1) is 11.3 Å². The molecule has 1 N–H and O–H groups in total. The lowest BCUT2D eigenvalue weighted by Crippen LogP contribution is -2.25. The maximum atomic E-state index is 12.5. The van der Waals surface area contributed by atoms with Gasteiger partial charge >= 0.3 is 0 Å². The van der Waals surface area contributed by atoms with Crippen molar-refractivity contribution in [3.8, 4) is 10.6 Å². The molecule has 0 spiro atoms. The molecule has 3 heterocycles. The molecule has 0 saturated heterocycles. The van der Waals surface area contributed by atoms with Crippen LogP contribution in [0, 0.1) is 0 Å². The number of hydrogen-bond donors (Lipinski definition) is 1. The second-order valence-electron chi connectivity index (χ2n) is 5.88. The van der Waals surface area contributed by atoms with Crippen molar-refractivity contribution >= 4 is 28.3 Å². The first kappa shape index (κ1) is 16.5. The third kappa shape index (κ3) is 2.99. The molecule has 7 nitrogen and oxygen atoms in total. The van der Waals surface area contributed by atoms with Gasteiger partial charge in [-0.25, -0.2) is 9.97 Å². The van der Waals surface area contributed by atoms with Crippen LogP contribution in [0.5, 0.6) is 0 Å². The highest BCUT2D eigenvalue weighted by molar-refractivity contribution is 7.13. The minimum atomic E-state index is -0.203. The van der Waals surface area contributed by atoms with E-state index in [2.05, 4.69) is 31.9 Å². The fourth-order valence-electron chi connectivity index (χ4n) is 2.91. The number of carbonyl (C=O) groups is 1. The van der Waals surface area contributed by atoms with Crippen LogP contribution in [-0.4, -0.2) is 30.2 Å². The van der Waals surface area contributed by atoms with E-state index in [9.17, 15) is 4.79 Å². The number of thiazole rings is 1. The number of nitrogens with one attached hydrogen (secondary N) is 1. The first-order valence-electron chi connectivity index (χ1n) is 8.32. The van der Waals surface area contributed by atoms with Crippen molar-refractivity contribution in [3.63, 3.8) is 0 Å². The zero-order valence-electron chi connectivity index (χ0n) is 14.5. The number of aryl methyl sites for hydroxylation is 2. The first-order valence-corrected chi connectivity index (χ1v) is 9.20. The Morgan fingerprint density at radius 1 is 1.27 bits per heavy atom. The Bertz CT molecular complexity index is 1080. The fraction of sp³-hybridized carbons (Fsp3) is 0.222. The Morgan fingerprint density at radius 2 is 2.12 bits per heavy atom. The summed E-state index contributed by atoms with van der Waals surface area (Å²) >= 11 is 1.43. The molecule has 4 aromatic rings. The van der Waals surface area contributed by atoms with Crippen LogP contribution in [0.4, 0.5) is 0 Å². The summed E-state index contributed by atoms with van der Waals surface area (Å²) in [5, 5.41) is 9.60. The number of rotatable bonds is 5. The molecular weight excluding hydrogens is 348 g/mol. The normalized spacial score (nSPS) is 11.2. The quantitative estimate of drug-likeness (QED) is 0.589. The van der Waals surface area contributed by atoms with Gasteiger partial charge in [0, 0.05) is 30.7 Å². The third-order valence-corrected chi connectivity index (χ3v) is 5.04. The molecule has 0 saturated carbocycles. The first-order chi connectivity index (χ1) is 12.7. The molecule has 0 bridgehead atoms. The van der Waals surface area contributed by atoms with Gasteiger partial charge in [-0.05, 0) is 19.1 Å². The van der Waals surface area contributed by atoms with Crippen molar-refractivity contribution < 1.29 is 4.79 Å². The maximum absolute atomic E-state index is 12.5. The molecule has 0 fully saturated rings. The summed E-state index contributed by atoms with van der Waals surface area (Å²) in [5.74, 6) is 0.635. The minimum Gasteiger partial charge on any atom is -0.343 e. The van der Waals surface area contributed by atoms with Gasteiger partial charge in [-0.1, -0.05) is 12.1 Å². The van der Waals surface area contributed by atoms with Crippen LogP contribution in [0.1, 0.15) is 23.2 Å². The topological polar surface area (TPSA) is 77.6 Å². The molecule has 0 aliphatic heterocycles. The van der Waals surface area contributed by atoms with E-state index in [1.54, 1.807) is 16.3 Å². The van der Waals surface area contributed by atoms with Crippen LogP contribution in [0.25, 0.3) is 21.6 Å². The van der Waals surface area contributed by atoms with E-state index < -0.39 is 0 Å². The summed E-state index contributed by atoms with van der Waals surface area (Å²) in [6.45, 7) is 3.23. The molecule has 3 aromatic heterocycles. The molecule has 0 atom stereocenters. The van der Waals surface area contributed by atoms with Crippen molar-refractivity contribution in [1.29, 1.82) is 0 Å². The summed E-state index contributed by atoms with van der Waals surface area (Å²) < 4.78 is 3.82. The zero-order chi connectivity index (χ0) is 18.1. The summed E-state index contributed by atoms with van der Waals surface area (Å²) in [6, 6.07) is 7.98. The van der Waals surface area contributed by atoms with Crippen molar-refractivity contribution in [2.75, 3.05) is 0 Å². The van der Waals surface area contributed by atoms with Gasteiger partial charge in [0.2, 0.25) is 0 Å². The van der Waals surface area contributed by atoms with Gasteiger partial charge in [0.05, 0.1) is 23.8 Å². The van der Waals surface area contributed by atoms with Gasteiger partial charge in [-0.3, -0.25) is 9.48 Å². The van der Waals surface area contributed by atoms with Crippen molar-refractivity contribution in [3.05, 3.63) is 53.6 Å². The largest absolute Gasteiger partial charge is 0.343 e. The van der Waals surface area contributed by atoms with Gasteiger partial charge in [0.1, 0.15) is 16.5 Å². The average Bonchev–Trinajstić information content (AvgIpc) is 3.36. The molecular formula is C18H18N6OS. The van der Waals surface area contributed by atoms with Crippen LogP contribution in [0.2, 0.25) is 0 Å². The van der Waals surface area contributed by atoms with E-state index >= 15 is 0 Å². The number of amides is 1. The zero-order valence-corrected chi connectivity index (χ0v) is 15.3. The Morgan fingerprint density at radius 3 is 2.88 bits per heavy atom. The summed E-state index contributed by atoms with van der Waals surface area (Å²) in [5.41, 5.74) is 3.33. The Hall–Kier alpha value is -3.00. The molecule has 8 heteroatoms. The van der Waals surface area contributed by atoms with Gasteiger partial charge in [0.25, 0.3) is 5.91 Å². The van der Waals surface area contributed by atoms with E-state index in [1.165, 1.54) is 11.3 Å². The summed E-state index contributed by atoms with van der Waals surface area (Å²) in [4.78, 5) is 21.5. The van der Waals surface area contributed by atoms with Gasteiger partial charge in [-0.2, -0.15) is 5.10 Å². The van der Waals surface area contributed by atoms with Crippen LogP contribution >= 0.6 is 11.3 Å². The monoisotopic (exact) mass is 366 g/mol. The van der Waals surface area contributed by atoms with Crippen LogP contribution < -0.4 is 5.32 Å². The molecule has 4 rings (SSSR count). The smallest absolute Gasteiger partial charge is 0.271 e. The lowest BCUT2D eigenvalue weighted by molar-refractivity contribution is 0.0945. The van der Waals surface area contributed by atoms with Crippen molar-refractivity contribution in [2.24, 2.45) is 7.05 Å². The lowest BCUT2D eigenvalue weighted by atomic mass is 10.3. The van der Waals surface area contributed by atoms with Crippen LogP contribution in [0.15, 0.2) is 42.0 Å². The Balaban J connectivity index is 1.50. The number of para-hydroxylation sites is 2. The molecule has 0 radical (unpaired) electrons. The number of hydrogen-bond acceptors (Lipinski definition) is 5. The van der Waals surface area contributed by atoms with Crippen molar-refractivity contribution in [1.82, 2.24) is 29.6 Å². The Labute approximate surface area is 154 Å². The highest BCUT2D eigenvalue weighted by Crippen LogP contribution is 2.23. The molecule has 0 unspecified atom stereocenters. The van der Waals surface area contributed by atoms with E-state index in [-0.39, 0.29) is 5.91 Å². The standard InChI is InChI=1S/C18H18N6OS/c1-3-24-15-7-5-4-6-13(15)21-16(24)9-19-17(25)14-11-26-18(22-14)12-8-20-23(2)10-12/h4-8,10-11H,3,9H2,1-2H3,(H,19,25). The predicted molar refractivity (Wildman–Crippen MR) is 101 cm³/mol.